The van der Waals surface area contributed by atoms with Crippen molar-refractivity contribution < 1.29 is 28.0 Å². The van der Waals surface area contributed by atoms with Crippen molar-refractivity contribution in [1.29, 1.82) is 0 Å². The van der Waals surface area contributed by atoms with Gasteiger partial charge in [-0.05, 0) is 33.3 Å². The van der Waals surface area contributed by atoms with Crippen molar-refractivity contribution in [3.63, 3.8) is 0 Å². The lowest BCUT2D eigenvalue weighted by Crippen LogP contribution is -2.33. The van der Waals surface area contributed by atoms with Crippen LogP contribution in [0.3, 0.4) is 0 Å². The van der Waals surface area contributed by atoms with Gasteiger partial charge >= 0.3 is 11.8 Å². The molecule has 0 aliphatic carbocycles. The van der Waals surface area contributed by atoms with Crippen LogP contribution in [0.25, 0.3) is 0 Å². The fraction of sp³-hybridized carbons (Fsp3) is 0.500. The summed E-state index contributed by atoms with van der Waals surface area (Å²) >= 11 is 0. The summed E-state index contributed by atoms with van der Waals surface area (Å²) in [6.07, 6.45) is -0.383. The van der Waals surface area contributed by atoms with Gasteiger partial charge in [-0.1, -0.05) is 0 Å². The molecule has 1 N–H and O–H groups in total. The van der Waals surface area contributed by atoms with E-state index in [0.29, 0.717) is 0 Å². The molecule has 128 valence electrons. The predicted molar refractivity (Wildman–Crippen MR) is 77.4 cm³/mol. The van der Waals surface area contributed by atoms with Crippen LogP contribution in [0.5, 0.6) is 5.75 Å². The van der Waals surface area contributed by atoms with Gasteiger partial charge in [-0.3, -0.25) is 10.1 Å². The van der Waals surface area contributed by atoms with Gasteiger partial charge in [-0.2, -0.15) is 4.39 Å². The second-order valence-electron chi connectivity index (χ2n) is 5.60. The number of amides is 1. The lowest BCUT2D eigenvalue weighted by atomic mass is 10.2. The molecule has 0 bridgehead atoms. The lowest BCUT2D eigenvalue weighted by molar-refractivity contribution is -0.387. The van der Waals surface area contributed by atoms with E-state index in [9.17, 15) is 23.7 Å². The summed E-state index contributed by atoms with van der Waals surface area (Å²) < 4.78 is 37.0. The molecule has 1 aromatic carbocycles. The molecule has 1 amide bonds. The van der Waals surface area contributed by atoms with Gasteiger partial charge in [0.25, 0.3) is 0 Å². The van der Waals surface area contributed by atoms with Crippen molar-refractivity contribution in [1.82, 2.24) is 5.32 Å². The van der Waals surface area contributed by atoms with Crippen molar-refractivity contribution in [2.75, 3.05) is 13.2 Å². The van der Waals surface area contributed by atoms with E-state index in [4.69, 9.17) is 9.47 Å². The molecule has 0 saturated carbocycles. The van der Waals surface area contributed by atoms with Crippen molar-refractivity contribution in [2.24, 2.45) is 0 Å². The van der Waals surface area contributed by atoms with E-state index in [1.807, 2.05) is 0 Å². The first-order valence-corrected chi connectivity index (χ1v) is 6.84. The number of halogens is 2. The zero-order valence-electron chi connectivity index (χ0n) is 13.0. The Bertz CT molecular complexity index is 587. The standard InChI is InChI=1S/C14H18F2N2O5/c1-14(2,3)23-13(19)17-7-4-8-22-12-9(15)5-6-10(11(12)16)18(20)21/h5-6H,4,7-8H2,1-3H3,(H,17,19). The second-order valence-corrected chi connectivity index (χ2v) is 5.60. The maximum Gasteiger partial charge on any atom is 0.407 e. The Hall–Kier alpha value is -2.45. The molecule has 1 aromatic rings. The number of hydrogen-bond donors (Lipinski definition) is 1. The predicted octanol–water partition coefficient (Wildman–Crippen LogP) is 3.17. The van der Waals surface area contributed by atoms with Crippen LogP contribution in [0.1, 0.15) is 27.2 Å². The zero-order valence-corrected chi connectivity index (χ0v) is 13.0. The maximum absolute atomic E-state index is 13.7. The highest BCUT2D eigenvalue weighted by molar-refractivity contribution is 5.67. The minimum absolute atomic E-state index is 0.134. The second kappa shape index (κ2) is 7.70. The van der Waals surface area contributed by atoms with E-state index >= 15 is 0 Å². The van der Waals surface area contributed by atoms with E-state index in [1.165, 1.54) is 0 Å². The summed E-state index contributed by atoms with van der Waals surface area (Å²) in [6, 6.07) is 1.48. The summed E-state index contributed by atoms with van der Waals surface area (Å²) in [4.78, 5) is 21.0. The van der Waals surface area contributed by atoms with Crippen LogP contribution < -0.4 is 10.1 Å². The van der Waals surface area contributed by atoms with Gasteiger partial charge in [0.05, 0.1) is 11.5 Å². The number of nitro groups is 1. The summed E-state index contributed by atoms with van der Waals surface area (Å²) in [5.74, 6) is -3.21. The highest BCUT2D eigenvalue weighted by Crippen LogP contribution is 2.29. The molecule has 0 saturated heterocycles. The third kappa shape index (κ3) is 6.05. The van der Waals surface area contributed by atoms with Crippen molar-refractivity contribution in [3.05, 3.63) is 33.9 Å². The lowest BCUT2D eigenvalue weighted by Gasteiger charge is -2.19. The van der Waals surface area contributed by atoms with E-state index in [0.717, 1.165) is 12.1 Å². The highest BCUT2D eigenvalue weighted by atomic mass is 19.1. The first-order chi connectivity index (χ1) is 10.6. The molecule has 0 radical (unpaired) electrons. The van der Waals surface area contributed by atoms with Crippen LogP contribution in [0, 0.1) is 21.7 Å². The highest BCUT2D eigenvalue weighted by Gasteiger charge is 2.22. The average Bonchev–Trinajstić information content (AvgIpc) is 2.39. The van der Waals surface area contributed by atoms with Gasteiger partial charge in [-0.25, -0.2) is 9.18 Å². The minimum atomic E-state index is -1.37. The Morgan fingerprint density at radius 1 is 1.35 bits per heavy atom. The Kier molecular flexibility index (Phi) is 6.23. The molecule has 7 nitrogen and oxygen atoms in total. The molecule has 0 unspecified atom stereocenters. The Balaban J connectivity index is 2.47. The molecule has 0 fully saturated rings. The number of carbonyl (C=O) groups excluding carboxylic acids is 1. The number of rotatable bonds is 6. The molecule has 0 aliphatic heterocycles. The largest absolute Gasteiger partial charge is 0.487 e. The number of alkyl carbamates (subject to hydrolysis) is 1. The normalized spacial score (nSPS) is 11.0. The maximum atomic E-state index is 13.7. The quantitative estimate of drug-likeness (QED) is 0.491. The van der Waals surface area contributed by atoms with Gasteiger partial charge in [0.15, 0.2) is 11.6 Å². The number of nitrogens with one attached hydrogen (secondary N) is 1. The summed E-state index contributed by atoms with van der Waals surface area (Å²) in [6.45, 7) is 5.16. The van der Waals surface area contributed by atoms with Gasteiger partial charge in [-0.15, -0.1) is 0 Å². The Labute approximate surface area is 131 Å². The third-order valence-electron chi connectivity index (χ3n) is 2.46. The Morgan fingerprint density at radius 3 is 2.57 bits per heavy atom. The smallest absolute Gasteiger partial charge is 0.407 e. The number of nitrogens with zero attached hydrogens (tertiary/aromatic N) is 1. The molecular formula is C14H18F2N2O5. The number of carbonyl (C=O) groups is 1. The van der Waals surface area contributed by atoms with Crippen molar-refractivity contribution in [2.45, 2.75) is 32.8 Å². The zero-order chi connectivity index (χ0) is 17.6. The first-order valence-electron chi connectivity index (χ1n) is 6.84. The molecule has 0 heterocycles. The van der Waals surface area contributed by atoms with E-state index < -0.39 is 39.7 Å². The SMILES string of the molecule is CC(C)(C)OC(=O)NCCCOc1c(F)ccc([N+](=O)[O-])c1F. The summed E-state index contributed by atoms with van der Waals surface area (Å²) in [5.41, 5.74) is -1.50. The van der Waals surface area contributed by atoms with Crippen LogP contribution >= 0.6 is 0 Å². The molecular weight excluding hydrogens is 314 g/mol. The van der Waals surface area contributed by atoms with E-state index in [2.05, 4.69) is 5.32 Å². The van der Waals surface area contributed by atoms with E-state index in [1.54, 1.807) is 20.8 Å². The fourth-order valence-electron chi connectivity index (χ4n) is 1.55. The summed E-state index contributed by atoms with van der Waals surface area (Å²) in [5, 5.41) is 13.0. The number of benzene rings is 1. The molecule has 0 atom stereocenters. The molecule has 0 spiro atoms. The molecule has 0 aliphatic rings. The van der Waals surface area contributed by atoms with Gasteiger partial charge in [0.2, 0.25) is 5.82 Å². The van der Waals surface area contributed by atoms with Crippen LogP contribution in [0.4, 0.5) is 19.3 Å². The fourth-order valence-corrected chi connectivity index (χ4v) is 1.55. The average molecular weight is 332 g/mol. The number of ether oxygens (including phenoxy) is 2. The number of hydrogen-bond acceptors (Lipinski definition) is 5. The molecule has 0 aromatic heterocycles. The van der Waals surface area contributed by atoms with Gasteiger partial charge in [0.1, 0.15) is 5.60 Å². The van der Waals surface area contributed by atoms with Crippen LogP contribution in [-0.4, -0.2) is 29.8 Å². The van der Waals surface area contributed by atoms with Crippen molar-refractivity contribution >= 4 is 11.8 Å². The molecule has 23 heavy (non-hydrogen) atoms. The molecule has 1 rings (SSSR count). The Morgan fingerprint density at radius 2 is 2.00 bits per heavy atom. The summed E-state index contributed by atoms with van der Waals surface area (Å²) in [7, 11) is 0. The van der Waals surface area contributed by atoms with Gasteiger partial charge in [0, 0.05) is 12.6 Å². The molecule has 9 heteroatoms. The minimum Gasteiger partial charge on any atom is -0.487 e. The van der Waals surface area contributed by atoms with Crippen LogP contribution in [-0.2, 0) is 4.74 Å². The monoisotopic (exact) mass is 332 g/mol. The van der Waals surface area contributed by atoms with Crippen LogP contribution in [0.2, 0.25) is 0 Å². The van der Waals surface area contributed by atoms with Gasteiger partial charge < -0.3 is 14.8 Å². The van der Waals surface area contributed by atoms with E-state index in [-0.39, 0.29) is 19.6 Å². The third-order valence-corrected chi connectivity index (χ3v) is 2.46. The van der Waals surface area contributed by atoms with Crippen LogP contribution in [0.15, 0.2) is 12.1 Å². The van der Waals surface area contributed by atoms with Crippen molar-refractivity contribution in [3.8, 4) is 5.75 Å². The number of nitro benzene ring substituents is 1. The first kappa shape index (κ1) is 18.6. The topological polar surface area (TPSA) is 90.7 Å².